The lowest BCUT2D eigenvalue weighted by molar-refractivity contribution is 0.0600. The predicted octanol–water partition coefficient (Wildman–Crippen LogP) is 2.55. The van der Waals surface area contributed by atoms with Crippen molar-refractivity contribution in [1.29, 1.82) is 0 Å². The Hall–Kier alpha value is -0.880. The first kappa shape index (κ1) is 15.2. The molecule has 1 aromatic rings. The van der Waals surface area contributed by atoms with Crippen molar-refractivity contribution in [3.05, 3.63) is 29.3 Å². The number of carbonyl (C=O) groups is 1. The molecule has 0 aliphatic carbocycles. The summed E-state index contributed by atoms with van der Waals surface area (Å²) in [7, 11) is -2.14. The average molecular weight is 335 g/mol. The summed E-state index contributed by atoms with van der Waals surface area (Å²) in [5.74, 6) is -0.544. The maximum Gasteiger partial charge on any atom is 0.337 e. The van der Waals surface area contributed by atoms with Gasteiger partial charge in [0.2, 0.25) is 0 Å². The molecule has 0 aliphatic rings. The topological polar surface area (TPSA) is 60.4 Å². The molecule has 0 atom stereocenters. The highest BCUT2D eigenvalue weighted by Crippen LogP contribution is 2.21. The summed E-state index contributed by atoms with van der Waals surface area (Å²) < 4.78 is 28.8. The Balaban J connectivity index is 3.42. The van der Waals surface area contributed by atoms with E-state index in [0.29, 0.717) is 5.33 Å². The molecule has 0 N–H and O–H groups in total. The lowest BCUT2D eigenvalue weighted by Gasteiger charge is -2.10. The number of halogens is 1. The van der Waals surface area contributed by atoms with E-state index in [9.17, 15) is 13.2 Å². The van der Waals surface area contributed by atoms with Gasteiger partial charge >= 0.3 is 5.97 Å². The molecule has 0 amide bonds. The summed E-state index contributed by atoms with van der Waals surface area (Å²) in [6.45, 7) is 3.21. The van der Waals surface area contributed by atoms with E-state index in [1.54, 1.807) is 26.0 Å². The third-order valence-electron chi connectivity index (χ3n) is 2.49. The number of benzene rings is 1. The molecule has 18 heavy (non-hydrogen) atoms. The number of hydrogen-bond donors (Lipinski definition) is 0. The van der Waals surface area contributed by atoms with Crippen molar-refractivity contribution in [2.45, 2.75) is 29.3 Å². The van der Waals surface area contributed by atoms with Crippen LogP contribution in [-0.2, 0) is 19.9 Å². The van der Waals surface area contributed by atoms with Gasteiger partial charge in [-0.15, -0.1) is 0 Å². The molecule has 0 fully saturated rings. The van der Waals surface area contributed by atoms with Crippen LogP contribution in [-0.4, -0.2) is 26.7 Å². The molecular formula is C12H15BrO4S. The largest absolute Gasteiger partial charge is 0.465 e. The molecule has 0 spiro atoms. The third-order valence-corrected chi connectivity index (χ3v) is 5.27. The van der Waals surface area contributed by atoms with E-state index in [2.05, 4.69) is 20.7 Å². The number of hydrogen-bond acceptors (Lipinski definition) is 4. The molecule has 0 aromatic heterocycles. The van der Waals surface area contributed by atoms with Crippen LogP contribution >= 0.6 is 15.9 Å². The van der Waals surface area contributed by atoms with Crippen molar-refractivity contribution in [2.24, 2.45) is 0 Å². The first-order valence-electron chi connectivity index (χ1n) is 5.35. The van der Waals surface area contributed by atoms with E-state index in [4.69, 9.17) is 0 Å². The van der Waals surface area contributed by atoms with Gasteiger partial charge in [0.1, 0.15) is 0 Å². The summed E-state index contributed by atoms with van der Waals surface area (Å²) in [5, 5.41) is -0.0630. The van der Waals surface area contributed by atoms with Crippen molar-refractivity contribution in [2.75, 3.05) is 7.11 Å². The number of ether oxygens (including phenoxy) is 1. The van der Waals surface area contributed by atoms with E-state index < -0.39 is 21.1 Å². The summed E-state index contributed by atoms with van der Waals surface area (Å²) >= 11 is 3.25. The minimum Gasteiger partial charge on any atom is -0.465 e. The second kappa shape index (κ2) is 5.84. The highest BCUT2D eigenvalue weighted by molar-refractivity contribution is 9.08. The van der Waals surface area contributed by atoms with Crippen molar-refractivity contribution in [1.82, 2.24) is 0 Å². The van der Waals surface area contributed by atoms with Gasteiger partial charge in [-0.2, -0.15) is 0 Å². The molecule has 0 heterocycles. The van der Waals surface area contributed by atoms with E-state index >= 15 is 0 Å². The van der Waals surface area contributed by atoms with Crippen LogP contribution in [0.15, 0.2) is 23.1 Å². The summed E-state index contributed by atoms with van der Waals surface area (Å²) in [6.07, 6.45) is 0. The van der Waals surface area contributed by atoms with E-state index in [1.807, 2.05) is 0 Å². The van der Waals surface area contributed by atoms with E-state index in [1.165, 1.54) is 13.2 Å². The number of methoxy groups -OCH3 is 1. The second-order valence-corrected chi connectivity index (χ2v) is 7.15. The minimum absolute atomic E-state index is 0.148. The van der Waals surface area contributed by atoms with Crippen LogP contribution in [0.25, 0.3) is 0 Å². The molecule has 100 valence electrons. The second-order valence-electron chi connectivity index (χ2n) is 4.08. The van der Waals surface area contributed by atoms with Gasteiger partial charge in [-0.25, -0.2) is 13.2 Å². The highest BCUT2D eigenvalue weighted by atomic mass is 79.9. The molecule has 0 unspecified atom stereocenters. The van der Waals surface area contributed by atoms with Crippen LogP contribution in [0.5, 0.6) is 0 Å². The van der Waals surface area contributed by atoms with Crippen LogP contribution in [0, 0.1) is 0 Å². The Morgan fingerprint density at radius 3 is 2.39 bits per heavy atom. The Labute approximate surface area is 115 Å². The Bertz CT molecular complexity index is 549. The Kier molecular flexibility index (Phi) is 4.92. The molecular weight excluding hydrogens is 320 g/mol. The van der Waals surface area contributed by atoms with Crippen molar-refractivity contribution in [3.63, 3.8) is 0 Å². The van der Waals surface area contributed by atoms with Gasteiger partial charge in [-0.1, -0.05) is 15.9 Å². The molecule has 4 nitrogen and oxygen atoms in total. The van der Waals surface area contributed by atoms with Gasteiger partial charge in [0.05, 0.1) is 22.8 Å². The molecule has 0 aliphatic heterocycles. The Morgan fingerprint density at radius 1 is 1.33 bits per heavy atom. The lowest BCUT2D eigenvalue weighted by atomic mass is 10.1. The van der Waals surface area contributed by atoms with Crippen LogP contribution in [0.4, 0.5) is 0 Å². The summed E-state index contributed by atoms with van der Waals surface area (Å²) in [5.41, 5.74) is 0.964. The fourth-order valence-electron chi connectivity index (χ4n) is 1.41. The van der Waals surface area contributed by atoms with Gasteiger partial charge in [-0.3, -0.25) is 0 Å². The number of carbonyl (C=O) groups excluding carboxylic acids is 1. The fraction of sp³-hybridized carbons (Fsp3) is 0.417. The van der Waals surface area contributed by atoms with Crippen molar-refractivity contribution < 1.29 is 17.9 Å². The highest BCUT2D eigenvalue weighted by Gasteiger charge is 2.21. The monoisotopic (exact) mass is 334 g/mol. The molecule has 0 radical (unpaired) electrons. The zero-order valence-corrected chi connectivity index (χ0v) is 12.8. The van der Waals surface area contributed by atoms with Gasteiger partial charge in [-0.05, 0) is 37.6 Å². The van der Waals surface area contributed by atoms with Gasteiger partial charge < -0.3 is 4.74 Å². The molecule has 0 saturated heterocycles. The summed E-state index contributed by atoms with van der Waals surface area (Å²) in [4.78, 5) is 11.6. The zero-order chi connectivity index (χ0) is 13.9. The molecule has 1 aromatic carbocycles. The third kappa shape index (κ3) is 3.11. The predicted molar refractivity (Wildman–Crippen MR) is 72.7 cm³/mol. The number of esters is 1. The quantitative estimate of drug-likeness (QED) is 0.627. The Morgan fingerprint density at radius 2 is 1.94 bits per heavy atom. The zero-order valence-electron chi connectivity index (χ0n) is 10.4. The summed E-state index contributed by atoms with van der Waals surface area (Å²) in [6, 6.07) is 4.53. The fourth-order valence-corrected chi connectivity index (χ4v) is 2.88. The maximum atomic E-state index is 12.1. The molecule has 0 saturated carbocycles. The SMILES string of the molecule is COC(=O)c1cc(CBr)cc(S(=O)(=O)C(C)C)c1. The van der Waals surface area contributed by atoms with Gasteiger partial charge in [0.15, 0.2) is 9.84 Å². The maximum absolute atomic E-state index is 12.1. The standard InChI is InChI=1S/C12H15BrO4S/c1-8(2)18(15,16)11-5-9(7-13)4-10(6-11)12(14)17-3/h4-6,8H,7H2,1-3H3. The first-order valence-corrected chi connectivity index (χ1v) is 8.02. The van der Waals surface area contributed by atoms with Crippen molar-refractivity contribution in [3.8, 4) is 0 Å². The normalized spacial score (nSPS) is 11.6. The van der Waals surface area contributed by atoms with E-state index in [0.717, 1.165) is 5.56 Å². The number of alkyl halides is 1. The van der Waals surface area contributed by atoms with Crippen LogP contribution in [0.1, 0.15) is 29.8 Å². The van der Waals surface area contributed by atoms with Crippen molar-refractivity contribution >= 4 is 31.7 Å². The van der Waals surface area contributed by atoms with Crippen LogP contribution in [0.2, 0.25) is 0 Å². The van der Waals surface area contributed by atoms with Gasteiger partial charge in [0, 0.05) is 5.33 Å². The number of rotatable bonds is 4. The molecule has 0 bridgehead atoms. The van der Waals surface area contributed by atoms with Crippen LogP contribution in [0.3, 0.4) is 0 Å². The molecule has 1 rings (SSSR count). The van der Waals surface area contributed by atoms with Crippen LogP contribution < -0.4 is 0 Å². The number of sulfone groups is 1. The average Bonchev–Trinajstić information content (AvgIpc) is 2.36. The lowest BCUT2D eigenvalue weighted by Crippen LogP contribution is -2.15. The van der Waals surface area contributed by atoms with E-state index in [-0.39, 0.29) is 10.5 Å². The molecule has 6 heteroatoms. The minimum atomic E-state index is -3.40. The first-order chi connectivity index (χ1) is 8.32. The smallest absolute Gasteiger partial charge is 0.337 e. The van der Waals surface area contributed by atoms with Gasteiger partial charge in [0.25, 0.3) is 0 Å².